The minimum atomic E-state index is -4.74. The zero-order chi connectivity index (χ0) is 24.9. The zero-order valence-corrected chi connectivity index (χ0v) is 18.4. The number of benzene rings is 3. The van der Waals surface area contributed by atoms with Gasteiger partial charge < -0.3 is 0 Å². The van der Waals surface area contributed by atoms with Gasteiger partial charge in [0.05, 0.1) is 22.2 Å². The van der Waals surface area contributed by atoms with Gasteiger partial charge in [-0.15, -0.1) is 0 Å². The van der Waals surface area contributed by atoms with Gasteiger partial charge in [-0.2, -0.15) is 13.2 Å². The van der Waals surface area contributed by atoms with E-state index in [0.29, 0.717) is 33.2 Å². The Hall–Kier alpha value is -3.72. The minimum absolute atomic E-state index is 0.240. The lowest BCUT2D eigenvalue weighted by Crippen LogP contribution is -2.57. The molecule has 0 unspecified atom stereocenters. The molecular formula is C25H14ClF3N2O4. The molecular weight excluding hydrogens is 485 g/mol. The molecule has 35 heavy (non-hydrogen) atoms. The summed E-state index contributed by atoms with van der Waals surface area (Å²) in [6.07, 6.45) is -4.74. The standard InChI is InChI=1S/C25H14ClF3N2O4/c26-17-10-9-12(25(27,28)29)11-18(17)30-22(32)20-19-13-5-1-3-7-15(13)24(31(34)35,21(20)23(30)33)16-8-4-2-6-14(16)19/h1-11,19-21H/t19?,20-,21+,24?/m1/s1. The van der Waals surface area contributed by atoms with Crippen LogP contribution in [0.25, 0.3) is 0 Å². The maximum atomic E-state index is 13.8. The summed E-state index contributed by atoms with van der Waals surface area (Å²) in [5, 5.41) is 12.7. The van der Waals surface area contributed by atoms with Crippen LogP contribution >= 0.6 is 11.6 Å². The van der Waals surface area contributed by atoms with Crippen molar-refractivity contribution in [1.82, 2.24) is 0 Å². The van der Waals surface area contributed by atoms with Gasteiger partial charge in [-0.25, -0.2) is 4.90 Å². The van der Waals surface area contributed by atoms with Crippen molar-refractivity contribution in [3.05, 3.63) is 110 Å². The van der Waals surface area contributed by atoms with Crippen molar-refractivity contribution in [2.45, 2.75) is 17.6 Å². The number of hydrogen-bond acceptors (Lipinski definition) is 4. The largest absolute Gasteiger partial charge is 0.416 e. The third-order valence-electron chi connectivity index (χ3n) is 7.38. The van der Waals surface area contributed by atoms with Gasteiger partial charge in [0.1, 0.15) is 5.92 Å². The molecule has 3 aliphatic carbocycles. The first-order valence-corrected chi connectivity index (χ1v) is 11.1. The molecule has 6 nitrogen and oxygen atoms in total. The van der Waals surface area contributed by atoms with Crippen LogP contribution in [0.5, 0.6) is 0 Å². The van der Waals surface area contributed by atoms with E-state index in [1.54, 1.807) is 48.5 Å². The molecule has 0 aromatic heterocycles. The molecule has 0 saturated carbocycles. The third-order valence-corrected chi connectivity index (χ3v) is 7.70. The second-order valence-electron chi connectivity index (χ2n) is 8.85. The number of alkyl halides is 3. The lowest BCUT2D eigenvalue weighted by atomic mass is 9.51. The van der Waals surface area contributed by atoms with Gasteiger partial charge in [0.2, 0.25) is 11.8 Å². The maximum Gasteiger partial charge on any atom is 0.416 e. The lowest BCUT2D eigenvalue weighted by Gasteiger charge is -2.48. The molecule has 2 bridgehead atoms. The second-order valence-corrected chi connectivity index (χ2v) is 9.26. The van der Waals surface area contributed by atoms with Crippen molar-refractivity contribution in [2.24, 2.45) is 11.8 Å². The maximum absolute atomic E-state index is 13.8. The predicted molar refractivity (Wildman–Crippen MR) is 118 cm³/mol. The third kappa shape index (κ3) is 2.56. The predicted octanol–water partition coefficient (Wildman–Crippen LogP) is 5.14. The summed E-state index contributed by atoms with van der Waals surface area (Å²) in [6.45, 7) is 0. The number of hydrogen-bond donors (Lipinski definition) is 0. The van der Waals surface area contributed by atoms with E-state index in [1.807, 2.05) is 0 Å². The fraction of sp³-hybridized carbons (Fsp3) is 0.200. The van der Waals surface area contributed by atoms with Crippen LogP contribution in [0.1, 0.15) is 33.7 Å². The number of amides is 2. The van der Waals surface area contributed by atoms with Crippen LogP contribution in [0, 0.1) is 22.0 Å². The fourth-order valence-electron chi connectivity index (χ4n) is 6.14. The van der Waals surface area contributed by atoms with E-state index >= 15 is 0 Å². The first kappa shape index (κ1) is 21.8. The number of rotatable bonds is 2. The summed E-state index contributed by atoms with van der Waals surface area (Å²) in [6, 6.07) is 15.6. The van der Waals surface area contributed by atoms with Crippen molar-refractivity contribution in [2.75, 3.05) is 4.90 Å². The van der Waals surface area contributed by atoms with Crippen LogP contribution in [0.15, 0.2) is 66.7 Å². The fourth-order valence-corrected chi connectivity index (χ4v) is 6.34. The van der Waals surface area contributed by atoms with Crippen LogP contribution in [-0.4, -0.2) is 16.7 Å². The molecule has 2 atom stereocenters. The molecule has 2 amide bonds. The number of carbonyl (C=O) groups is 2. The SMILES string of the molecule is O=C1[C@@H]2C3c4ccccc4C([N+](=O)[O-])(c4ccccc43)[C@@H]2C(=O)N1c1cc(C(F)(F)F)ccc1Cl. The van der Waals surface area contributed by atoms with Gasteiger partial charge in [-0.1, -0.05) is 60.1 Å². The van der Waals surface area contributed by atoms with Crippen LogP contribution in [0.3, 0.4) is 0 Å². The summed E-state index contributed by atoms with van der Waals surface area (Å²) in [5.41, 5.74) is -1.85. The summed E-state index contributed by atoms with van der Waals surface area (Å²) >= 11 is 6.17. The van der Waals surface area contributed by atoms with Crippen LogP contribution in [0.4, 0.5) is 18.9 Å². The molecule has 0 N–H and O–H groups in total. The van der Waals surface area contributed by atoms with Crippen LogP contribution < -0.4 is 4.90 Å². The molecule has 3 aromatic rings. The van der Waals surface area contributed by atoms with Crippen molar-refractivity contribution in [1.29, 1.82) is 0 Å². The zero-order valence-electron chi connectivity index (χ0n) is 17.6. The second kappa shape index (κ2) is 6.91. The number of nitro groups is 1. The van der Waals surface area contributed by atoms with Gasteiger partial charge in [0, 0.05) is 22.0 Å². The van der Waals surface area contributed by atoms with E-state index in [4.69, 9.17) is 11.6 Å². The summed E-state index contributed by atoms with van der Waals surface area (Å²) in [4.78, 5) is 40.6. The summed E-state index contributed by atoms with van der Waals surface area (Å²) in [5.74, 6) is -5.01. The highest BCUT2D eigenvalue weighted by Gasteiger charge is 2.75. The highest BCUT2D eigenvalue weighted by atomic mass is 35.5. The number of nitrogens with zero attached hydrogens (tertiary/aromatic N) is 2. The van der Waals surface area contributed by atoms with Gasteiger partial charge in [0.15, 0.2) is 0 Å². The molecule has 1 saturated heterocycles. The number of halogens is 4. The summed E-state index contributed by atoms with van der Waals surface area (Å²) in [7, 11) is 0. The lowest BCUT2D eigenvalue weighted by molar-refractivity contribution is -0.578. The Kier molecular flexibility index (Phi) is 4.30. The van der Waals surface area contributed by atoms with Gasteiger partial charge >= 0.3 is 6.18 Å². The number of imide groups is 1. The average molecular weight is 499 g/mol. The monoisotopic (exact) mass is 498 g/mol. The molecule has 1 heterocycles. The molecule has 0 radical (unpaired) electrons. The smallest absolute Gasteiger partial charge is 0.274 e. The number of carbonyl (C=O) groups excluding carboxylic acids is 2. The Morgan fingerprint density at radius 3 is 2.03 bits per heavy atom. The van der Waals surface area contributed by atoms with Crippen molar-refractivity contribution >= 4 is 29.1 Å². The normalized spacial score (nSPS) is 26.4. The molecule has 7 rings (SSSR count). The number of anilines is 1. The van der Waals surface area contributed by atoms with E-state index in [-0.39, 0.29) is 5.02 Å². The molecule has 10 heteroatoms. The van der Waals surface area contributed by atoms with E-state index in [1.165, 1.54) is 0 Å². The first-order chi connectivity index (χ1) is 16.6. The Labute approximate surface area is 201 Å². The van der Waals surface area contributed by atoms with Crippen LogP contribution in [0.2, 0.25) is 5.02 Å². The molecule has 1 fully saturated rings. The molecule has 3 aromatic carbocycles. The van der Waals surface area contributed by atoms with E-state index in [0.717, 1.165) is 12.1 Å². The van der Waals surface area contributed by atoms with E-state index in [2.05, 4.69) is 0 Å². The van der Waals surface area contributed by atoms with Crippen LogP contribution in [-0.2, 0) is 21.3 Å². The molecule has 176 valence electrons. The highest BCUT2D eigenvalue weighted by molar-refractivity contribution is 6.36. The average Bonchev–Trinajstić information content (AvgIpc) is 3.09. The first-order valence-electron chi connectivity index (χ1n) is 10.7. The highest BCUT2D eigenvalue weighted by Crippen LogP contribution is 2.64. The Bertz CT molecular complexity index is 1420. The van der Waals surface area contributed by atoms with Gasteiger partial charge in [0.25, 0.3) is 5.54 Å². The van der Waals surface area contributed by atoms with Gasteiger partial charge in [-0.3, -0.25) is 19.7 Å². The molecule has 0 spiro atoms. The van der Waals surface area contributed by atoms with Crippen molar-refractivity contribution in [3.63, 3.8) is 0 Å². The minimum Gasteiger partial charge on any atom is -0.274 e. The molecule has 1 aliphatic heterocycles. The van der Waals surface area contributed by atoms with Crippen molar-refractivity contribution < 1.29 is 27.7 Å². The quantitative estimate of drug-likeness (QED) is 0.278. The Balaban J connectivity index is 1.63. The van der Waals surface area contributed by atoms with Crippen molar-refractivity contribution in [3.8, 4) is 0 Å². The van der Waals surface area contributed by atoms with E-state index in [9.17, 15) is 32.9 Å². The Morgan fingerprint density at radius 1 is 0.914 bits per heavy atom. The Morgan fingerprint density at radius 2 is 1.49 bits per heavy atom. The summed E-state index contributed by atoms with van der Waals surface area (Å²) < 4.78 is 40.2. The van der Waals surface area contributed by atoms with Gasteiger partial charge in [-0.05, 0) is 29.3 Å². The van der Waals surface area contributed by atoms with E-state index < -0.39 is 57.5 Å². The molecule has 4 aliphatic rings. The topological polar surface area (TPSA) is 80.5 Å².